The first kappa shape index (κ1) is 12.9. The summed E-state index contributed by atoms with van der Waals surface area (Å²) in [6.45, 7) is 0. The minimum atomic E-state index is -1.48. The first-order valence-electron chi connectivity index (χ1n) is 5.12. The first-order chi connectivity index (χ1) is 8.65. The Kier molecular flexibility index (Phi) is 4.23. The molecule has 2 nitrogen and oxygen atoms in total. The van der Waals surface area contributed by atoms with Gasteiger partial charge in [0.25, 0.3) is 0 Å². The molecular formula is C13H9ClFNOS. The van der Waals surface area contributed by atoms with Gasteiger partial charge in [0.15, 0.2) is 11.0 Å². The lowest BCUT2D eigenvalue weighted by Gasteiger charge is -1.96. The quantitative estimate of drug-likeness (QED) is 0.790. The fourth-order valence-electron chi connectivity index (χ4n) is 1.27. The van der Waals surface area contributed by atoms with Crippen molar-refractivity contribution in [1.82, 2.24) is 0 Å². The van der Waals surface area contributed by atoms with Gasteiger partial charge in [-0.1, -0.05) is 23.7 Å². The van der Waals surface area contributed by atoms with Crippen LogP contribution in [0.15, 0.2) is 57.8 Å². The van der Waals surface area contributed by atoms with Gasteiger partial charge in [-0.2, -0.15) is 4.40 Å². The molecule has 0 N–H and O–H groups in total. The molecule has 92 valence electrons. The maximum atomic E-state index is 12.7. The highest BCUT2D eigenvalue weighted by Gasteiger charge is 2.00. The third-order valence-corrected chi connectivity index (χ3v) is 3.41. The Morgan fingerprint density at radius 2 is 1.67 bits per heavy atom. The average Bonchev–Trinajstić information content (AvgIpc) is 2.38. The van der Waals surface area contributed by atoms with E-state index in [1.54, 1.807) is 36.4 Å². The average molecular weight is 282 g/mol. The number of hydrogen-bond donors (Lipinski definition) is 0. The molecule has 2 rings (SSSR count). The highest BCUT2D eigenvalue weighted by molar-refractivity contribution is 7.83. The van der Waals surface area contributed by atoms with Gasteiger partial charge < -0.3 is 0 Å². The van der Waals surface area contributed by atoms with Crippen molar-refractivity contribution in [2.75, 3.05) is 0 Å². The predicted molar refractivity (Wildman–Crippen MR) is 71.9 cm³/mol. The molecule has 0 aliphatic rings. The van der Waals surface area contributed by atoms with E-state index in [-0.39, 0.29) is 5.82 Å². The summed E-state index contributed by atoms with van der Waals surface area (Å²) >= 11 is 5.73. The molecule has 5 heteroatoms. The molecule has 0 saturated heterocycles. The molecule has 0 aromatic heterocycles. The van der Waals surface area contributed by atoms with E-state index < -0.39 is 11.0 Å². The fraction of sp³-hybridized carbons (Fsp3) is 0. The molecular weight excluding hydrogens is 273 g/mol. The van der Waals surface area contributed by atoms with E-state index in [0.717, 1.165) is 0 Å². The normalized spacial score (nSPS) is 12.8. The van der Waals surface area contributed by atoms with Gasteiger partial charge >= 0.3 is 0 Å². The summed E-state index contributed by atoms with van der Waals surface area (Å²) in [6, 6.07) is 12.4. The number of halogens is 2. The Balaban J connectivity index is 2.11. The lowest BCUT2D eigenvalue weighted by atomic mass is 10.2. The maximum absolute atomic E-state index is 12.7. The SMILES string of the molecule is O=S(/N=C/c1ccc(F)cc1)c1ccc(Cl)cc1. The molecule has 0 aliphatic heterocycles. The van der Waals surface area contributed by atoms with Crippen molar-refractivity contribution in [3.05, 3.63) is 64.9 Å². The summed E-state index contributed by atoms with van der Waals surface area (Å²) in [4.78, 5) is 0.567. The van der Waals surface area contributed by atoms with Crippen LogP contribution < -0.4 is 0 Å². The van der Waals surface area contributed by atoms with Crippen molar-refractivity contribution in [2.24, 2.45) is 4.40 Å². The van der Waals surface area contributed by atoms with E-state index >= 15 is 0 Å². The van der Waals surface area contributed by atoms with Crippen LogP contribution in [0, 0.1) is 5.82 Å². The minimum Gasteiger partial charge on any atom is -0.229 e. The van der Waals surface area contributed by atoms with E-state index in [1.807, 2.05) is 0 Å². The van der Waals surface area contributed by atoms with Crippen LogP contribution in [-0.2, 0) is 11.0 Å². The van der Waals surface area contributed by atoms with Gasteiger partial charge in [-0.15, -0.1) is 0 Å². The monoisotopic (exact) mass is 281 g/mol. The summed E-state index contributed by atoms with van der Waals surface area (Å²) in [5.74, 6) is -0.314. The number of rotatable bonds is 3. The molecule has 0 saturated carbocycles. The van der Waals surface area contributed by atoms with E-state index in [9.17, 15) is 8.60 Å². The van der Waals surface area contributed by atoms with Gasteiger partial charge in [0, 0.05) is 11.2 Å². The van der Waals surface area contributed by atoms with Gasteiger partial charge in [0.1, 0.15) is 5.82 Å². The lowest BCUT2D eigenvalue weighted by Crippen LogP contribution is -1.89. The van der Waals surface area contributed by atoms with Crippen LogP contribution in [0.1, 0.15) is 5.56 Å². The second kappa shape index (κ2) is 5.89. The number of hydrogen-bond acceptors (Lipinski definition) is 1. The van der Waals surface area contributed by atoms with Crippen LogP contribution in [0.25, 0.3) is 0 Å². The molecule has 0 heterocycles. The molecule has 0 aliphatic carbocycles. The van der Waals surface area contributed by atoms with E-state index in [1.165, 1.54) is 18.3 Å². The zero-order valence-electron chi connectivity index (χ0n) is 9.22. The van der Waals surface area contributed by atoms with Crippen molar-refractivity contribution in [2.45, 2.75) is 4.90 Å². The predicted octanol–water partition coefficient (Wildman–Crippen LogP) is 3.62. The Hall–Kier alpha value is -1.52. The van der Waals surface area contributed by atoms with Crippen LogP contribution >= 0.6 is 11.6 Å². The molecule has 18 heavy (non-hydrogen) atoms. The van der Waals surface area contributed by atoms with Crippen molar-refractivity contribution >= 4 is 28.8 Å². The van der Waals surface area contributed by atoms with Gasteiger partial charge in [0.2, 0.25) is 0 Å². The van der Waals surface area contributed by atoms with Crippen molar-refractivity contribution in [3.8, 4) is 0 Å². The zero-order valence-corrected chi connectivity index (χ0v) is 10.8. The molecule has 2 aromatic carbocycles. The van der Waals surface area contributed by atoms with Gasteiger partial charge in [-0.3, -0.25) is 0 Å². The molecule has 1 unspecified atom stereocenters. The van der Waals surface area contributed by atoms with E-state index in [4.69, 9.17) is 11.6 Å². The summed E-state index contributed by atoms with van der Waals surface area (Å²) in [5.41, 5.74) is 0.693. The second-order valence-corrected chi connectivity index (χ2v) is 5.11. The number of benzene rings is 2. The summed E-state index contributed by atoms with van der Waals surface area (Å²) in [5, 5.41) is 0.582. The zero-order chi connectivity index (χ0) is 13.0. The molecule has 0 fully saturated rings. The van der Waals surface area contributed by atoms with Crippen LogP contribution in [-0.4, -0.2) is 10.4 Å². The summed E-state index contributed by atoms with van der Waals surface area (Å²) in [6.07, 6.45) is 1.45. The standard InChI is InChI=1S/C13H9ClFNOS/c14-11-3-7-13(8-4-11)18(17)16-9-10-1-5-12(15)6-2-10/h1-9H/b16-9+. The van der Waals surface area contributed by atoms with Crippen LogP contribution in [0.4, 0.5) is 4.39 Å². The fourth-order valence-corrected chi connectivity index (χ4v) is 2.10. The maximum Gasteiger partial charge on any atom is 0.172 e. The smallest absolute Gasteiger partial charge is 0.172 e. The molecule has 2 aromatic rings. The van der Waals surface area contributed by atoms with Gasteiger partial charge in [-0.25, -0.2) is 8.60 Å². The Bertz CT molecular complexity index is 581. The van der Waals surface area contributed by atoms with Crippen LogP contribution in [0.2, 0.25) is 5.02 Å². The van der Waals surface area contributed by atoms with Gasteiger partial charge in [0.05, 0.1) is 4.90 Å². The Morgan fingerprint density at radius 3 is 2.28 bits per heavy atom. The van der Waals surface area contributed by atoms with E-state index in [2.05, 4.69) is 4.40 Å². The van der Waals surface area contributed by atoms with Crippen molar-refractivity contribution in [3.63, 3.8) is 0 Å². The minimum absolute atomic E-state index is 0.314. The van der Waals surface area contributed by atoms with Crippen LogP contribution in [0.3, 0.4) is 0 Å². The van der Waals surface area contributed by atoms with Gasteiger partial charge in [-0.05, 0) is 42.0 Å². The molecule has 0 amide bonds. The third-order valence-electron chi connectivity index (χ3n) is 2.18. The summed E-state index contributed by atoms with van der Waals surface area (Å²) < 4.78 is 28.4. The number of nitrogens with zero attached hydrogens (tertiary/aromatic N) is 1. The summed E-state index contributed by atoms with van der Waals surface area (Å²) in [7, 11) is -1.48. The van der Waals surface area contributed by atoms with Crippen molar-refractivity contribution < 1.29 is 8.60 Å². The van der Waals surface area contributed by atoms with Crippen LogP contribution in [0.5, 0.6) is 0 Å². The Morgan fingerprint density at radius 1 is 1.06 bits per heavy atom. The van der Waals surface area contributed by atoms with E-state index in [0.29, 0.717) is 15.5 Å². The largest absolute Gasteiger partial charge is 0.229 e. The Labute approximate surface area is 112 Å². The third kappa shape index (κ3) is 3.48. The first-order valence-corrected chi connectivity index (χ1v) is 6.61. The second-order valence-electron chi connectivity index (χ2n) is 3.49. The lowest BCUT2D eigenvalue weighted by molar-refractivity contribution is 0.628. The highest BCUT2D eigenvalue weighted by Crippen LogP contribution is 2.13. The molecule has 0 radical (unpaired) electrons. The molecule has 0 spiro atoms. The highest BCUT2D eigenvalue weighted by atomic mass is 35.5. The van der Waals surface area contributed by atoms with Crippen molar-refractivity contribution in [1.29, 1.82) is 0 Å². The topological polar surface area (TPSA) is 29.4 Å². The molecule has 1 atom stereocenters. The molecule has 0 bridgehead atoms.